The minimum Gasteiger partial charge on any atom is -0.492 e. The van der Waals surface area contributed by atoms with Gasteiger partial charge < -0.3 is 14.5 Å². The van der Waals surface area contributed by atoms with E-state index in [-0.39, 0.29) is 5.91 Å². The number of hydrogen-bond acceptors (Lipinski definition) is 4. The number of rotatable bonds is 5. The number of hydrogen-bond donors (Lipinski definition) is 1. The number of anilines is 1. The summed E-state index contributed by atoms with van der Waals surface area (Å²) in [7, 11) is 0. The first kappa shape index (κ1) is 18.5. The second kappa shape index (κ2) is 8.02. The predicted molar refractivity (Wildman–Crippen MR) is 113 cm³/mol. The zero-order valence-corrected chi connectivity index (χ0v) is 15.8. The molecule has 144 valence electrons. The quantitative estimate of drug-likeness (QED) is 0.485. The molecule has 0 radical (unpaired) electrons. The number of carbonyl (C=O) groups excluding carboxylic acids is 1. The third kappa shape index (κ3) is 3.89. The molecule has 3 aromatic carbocycles. The number of benzene rings is 3. The van der Waals surface area contributed by atoms with Crippen LogP contribution in [-0.2, 0) is 0 Å². The molecular weight excluding hydrogens is 366 g/mol. The average molecular weight is 385 g/mol. The molecular formula is C24H19NO4. The summed E-state index contributed by atoms with van der Waals surface area (Å²) in [6, 6.07) is 23.3. The summed E-state index contributed by atoms with van der Waals surface area (Å²) in [4.78, 5) is 24.9. The van der Waals surface area contributed by atoms with Crippen LogP contribution in [0.2, 0.25) is 0 Å². The zero-order valence-electron chi connectivity index (χ0n) is 15.8. The second-order valence-corrected chi connectivity index (χ2v) is 6.45. The van der Waals surface area contributed by atoms with Gasteiger partial charge in [-0.3, -0.25) is 4.79 Å². The van der Waals surface area contributed by atoms with Gasteiger partial charge in [-0.05, 0) is 48.9 Å². The molecule has 0 aliphatic carbocycles. The van der Waals surface area contributed by atoms with Crippen molar-refractivity contribution in [3.8, 4) is 16.9 Å². The molecule has 0 saturated carbocycles. The molecule has 4 rings (SSSR count). The lowest BCUT2D eigenvalue weighted by molar-refractivity contribution is 0.102. The number of para-hydroxylation sites is 3. The van der Waals surface area contributed by atoms with Crippen molar-refractivity contribution >= 4 is 22.6 Å². The molecule has 4 aromatic rings. The molecule has 5 heteroatoms. The Kier molecular flexibility index (Phi) is 5.12. The Labute approximate surface area is 167 Å². The number of nitrogens with one attached hydrogen (secondary N) is 1. The lowest BCUT2D eigenvalue weighted by atomic mass is 10.0. The molecule has 0 atom stereocenters. The molecule has 0 saturated heterocycles. The molecule has 5 nitrogen and oxygen atoms in total. The van der Waals surface area contributed by atoms with Gasteiger partial charge in [-0.25, -0.2) is 4.79 Å². The van der Waals surface area contributed by atoms with Crippen molar-refractivity contribution in [3.63, 3.8) is 0 Å². The van der Waals surface area contributed by atoms with E-state index in [2.05, 4.69) is 5.32 Å². The van der Waals surface area contributed by atoms with E-state index in [0.29, 0.717) is 40.3 Å². The fraction of sp³-hybridized carbons (Fsp3) is 0.0833. The highest BCUT2D eigenvalue weighted by atomic mass is 16.5. The third-order valence-electron chi connectivity index (χ3n) is 4.53. The fourth-order valence-electron chi connectivity index (χ4n) is 3.11. The van der Waals surface area contributed by atoms with Gasteiger partial charge in [0.05, 0.1) is 17.9 Å². The Balaban J connectivity index is 1.59. The van der Waals surface area contributed by atoms with Gasteiger partial charge in [0, 0.05) is 10.9 Å². The first-order valence-corrected chi connectivity index (χ1v) is 9.32. The highest BCUT2D eigenvalue weighted by Gasteiger charge is 2.12. The minimum atomic E-state index is -0.411. The topological polar surface area (TPSA) is 68.5 Å². The van der Waals surface area contributed by atoms with E-state index in [9.17, 15) is 9.59 Å². The standard InChI is InChI=1S/C24H19NO4/c1-2-28-22-10-6-4-8-20(22)25-23(26)17-13-11-16(12-14-17)19-15-18-7-3-5-9-21(18)29-24(19)27/h3-15H,2H2,1H3,(H,25,26). The fourth-order valence-corrected chi connectivity index (χ4v) is 3.11. The zero-order chi connectivity index (χ0) is 20.2. The van der Waals surface area contributed by atoms with Gasteiger partial charge in [0.1, 0.15) is 11.3 Å². The first-order chi connectivity index (χ1) is 14.2. The number of amides is 1. The minimum absolute atomic E-state index is 0.255. The summed E-state index contributed by atoms with van der Waals surface area (Å²) < 4.78 is 10.9. The maximum absolute atomic E-state index is 12.6. The summed E-state index contributed by atoms with van der Waals surface area (Å²) in [5.41, 5.74) is 2.37. The van der Waals surface area contributed by atoms with E-state index < -0.39 is 5.63 Å². The summed E-state index contributed by atoms with van der Waals surface area (Å²) in [5, 5.41) is 3.71. The van der Waals surface area contributed by atoms with Crippen molar-refractivity contribution in [1.29, 1.82) is 0 Å². The van der Waals surface area contributed by atoms with Gasteiger partial charge in [-0.1, -0.05) is 42.5 Å². The molecule has 29 heavy (non-hydrogen) atoms. The summed E-state index contributed by atoms with van der Waals surface area (Å²) in [6.07, 6.45) is 0. The van der Waals surface area contributed by atoms with Crippen LogP contribution in [0.1, 0.15) is 17.3 Å². The molecule has 1 aromatic heterocycles. The number of ether oxygens (including phenoxy) is 1. The van der Waals surface area contributed by atoms with Crippen LogP contribution in [0.3, 0.4) is 0 Å². The molecule has 1 amide bonds. The van der Waals surface area contributed by atoms with E-state index in [0.717, 1.165) is 5.39 Å². The van der Waals surface area contributed by atoms with E-state index in [1.807, 2.05) is 37.3 Å². The van der Waals surface area contributed by atoms with Crippen LogP contribution in [0.4, 0.5) is 5.69 Å². The summed E-state index contributed by atoms with van der Waals surface area (Å²) in [5.74, 6) is 0.364. The van der Waals surface area contributed by atoms with Crippen molar-refractivity contribution in [2.24, 2.45) is 0 Å². The van der Waals surface area contributed by atoms with Crippen molar-refractivity contribution in [2.75, 3.05) is 11.9 Å². The van der Waals surface area contributed by atoms with E-state index >= 15 is 0 Å². The highest BCUT2D eigenvalue weighted by molar-refractivity contribution is 6.05. The van der Waals surface area contributed by atoms with Crippen LogP contribution < -0.4 is 15.7 Å². The molecule has 0 spiro atoms. The SMILES string of the molecule is CCOc1ccccc1NC(=O)c1ccc(-c2cc3ccccc3oc2=O)cc1. The lowest BCUT2D eigenvalue weighted by Gasteiger charge is -2.11. The van der Waals surface area contributed by atoms with Crippen molar-refractivity contribution in [2.45, 2.75) is 6.92 Å². The Bertz CT molecular complexity index is 1230. The van der Waals surface area contributed by atoms with E-state index in [1.165, 1.54) is 0 Å². The van der Waals surface area contributed by atoms with E-state index in [1.54, 1.807) is 48.5 Å². The first-order valence-electron chi connectivity index (χ1n) is 9.32. The Morgan fingerprint density at radius 1 is 0.966 bits per heavy atom. The van der Waals surface area contributed by atoms with E-state index in [4.69, 9.17) is 9.15 Å². The van der Waals surface area contributed by atoms with Gasteiger partial charge in [0.2, 0.25) is 0 Å². The second-order valence-electron chi connectivity index (χ2n) is 6.45. The average Bonchev–Trinajstić information content (AvgIpc) is 2.75. The molecule has 1 N–H and O–H groups in total. The van der Waals surface area contributed by atoms with Crippen molar-refractivity contribution in [3.05, 3.63) is 94.8 Å². The van der Waals surface area contributed by atoms with Gasteiger partial charge in [0.25, 0.3) is 5.91 Å². The molecule has 0 aliphatic heterocycles. The number of carbonyl (C=O) groups is 1. The van der Waals surface area contributed by atoms with Gasteiger partial charge in [0.15, 0.2) is 0 Å². The third-order valence-corrected chi connectivity index (χ3v) is 4.53. The van der Waals surface area contributed by atoms with Gasteiger partial charge in [-0.15, -0.1) is 0 Å². The summed E-state index contributed by atoms with van der Waals surface area (Å²) in [6.45, 7) is 2.40. The van der Waals surface area contributed by atoms with Crippen LogP contribution in [0, 0.1) is 0 Å². The van der Waals surface area contributed by atoms with Crippen LogP contribution >= 0.6 is 0 Å². The Morgan fingerprint density at radius 3 is 2.48 bits per heavy atom. The Hall–Kier alpha value is -3.86. The maximum atomic E-state index is 12.6. The molecule has 0 unspecified atom stereocenters. The van der Waals surface area contributed by atoms with Crippen LogP contribution in [0.15, 0.2) is 88.1 Å². The normalized spacial score (nSPS) is 10.7. The van der Waals surface area contributed by atoms with Crippen molar-refractivity contribution < 1.29 is 13.9 Å². The summed E-state index contributed by atoms with van der Waals surface area (Å²) >= 11 is 0. The van der Waals surface area contributed by atoms with Crippen LogP contribution in [-0.4, -0.2) is 12.5 Å². The largest absolute Gasteiger partial charge is 0.492 e. The monoisotopic (exact) mass is 385 g/mol. The van der Waals surface area contributed by atoms with Gasteiger partial charge in [-0.2, -0.15) is 0 Å². The smallest absolute Gasteiger partial charge is 0.344 e. The predicted octanol–water partition coefficient (Wildman–Crippen LogP) is 5.11. The van der Waals surface area contributed by atoms with Crippen LogP contribution in [0.25, 0.3) is 22.1 Å². The number of fused-ring (bicyclic) bond motifs is 1. The van der Waals surface area contributed by atoms with Gasteiger partial charge >= 0.3 is 5.63 Å². The Morgan fingerprint density at radius 2 is 1.69 bits per heavy atom. The van der Waals surface area contributed by atoms with Crippen molar-refractivity contribution in [1.82, 2.24) is 0 Å². The maximum Gasteiger partial charge on any atom is 0.344 e. The lowest BCUT2D eigenvalue weighted by Crippen LogP contribution is -2.13. The molecule has 0 aliphatic rings. The van der Waals surface area contributed by atoms with Crippen LogP contribution in [0.5, 0.6) is 5.75 Å². The molecule has 1 heterocycles. The molecule has 0 bridgehead atoms. The highest BCUT2D eigenvalue weighted by Crippen LogP contribution is 2.25. The molecule has 0 fully saturated rings.